The highest BCUT2D eigenvalue weighted by atomic mass is 32.2. The largest absolute Gasteiger partial charge is 0.339 e. The van der Waals surface area contributed by atoms with Gasteiger partial charge in [0.15, 0.2) is 0 Å². The third-order valence-corrected chi connectivity index (χ3v) is 7.79. The zero-order chi connectivity index (χ0) is 22.2. The Kier molecular flexibility index (Phi) is 16.0. The number of thioether (sulfide) groups is 1. The summed E-state index contributed by atoms with van der Waals surface area (Å²) in [4.78, 5) is 14.7. The molecular formula is C26H51NOS. The molecule has 0 aromatic heterocycles. The van der Waals surface area contributed by atoms with Crippen molar-refractivity contribution < 1.29 is 4.79 Å². The number of unbranched alkanes of at least 4 members (excludes halogenated alkanes) is 4. The van der Waals surface area contributed by atoms with E-state index in [0.29, 0.717) is 29.7 Å². The van der Waals surface area contributed by atoms with Gasteiger partial charge in [0.1, 0.15) is 0 Å². The SMILES string of the molecule is C=CCN(CCC(C)(C)CC)C(=O)CCSCC(C)(CCCC)CCCCCC. The second kappa shape index (κ2) is 16.3. The lowest BCUT2D eigenvalue weighted by Gasteiger charge is -2.30. The van der Waals surface area contributed by atoms with E-state index in [0.717, 1.165) is 25.1 Å². The van der Waals surface area contributed by atoms with Crippen LogP contribution in [0.1, 0.15) is 112 Å². The predicted molar refractivity (Wildman–Crippen MR) is 134 cm³/mol. The molecule has 1 atom stereocenters. The minimum atomic E-state index is 0.294. The number of amides is 1. The van der Waals surface area contributed by atoms with Crippen molar-refractivity contribution in [1.29, 1.82) is 0 Å². The fraction of sp³-hybridized carbons (Fsp3) is 0.885. The number of hydrogen-bond donors (Lipinski definition) is 0. The molecule has 0 rings (SSSR count). The average Bonchev–Trinajstić information content (AvgIpc) is 2.70. The first-order chi connectivity index (χ1) is 13.7. The fourth-order valence-corrected chi connectivity index (χ4v) is 4.82. The Bertz CT molecular complexity index is 434. The van der Waals surface area contributed by atoms with Gasteiger partial charge in [0.2, 0.25) is 5.91 Å². The van der Waals surface area contributed by atoms with Crippen LogP contribution in [0.2, 0.25) is 0 Å². The summed E-state index contributed by atoms with van der Waals surface area (Å²) >= 11 is 1.99. The van der Waals surface area contributed by atoms with E-state index in [-0.39, 0.29) is 0 Å². The zero-order valence-electron chi connectivity index (χ0n) is 20.7. The summed E-state index contributed by atoms with van der Waals surface area (Å²) in [5.41, 5.74) is 0.733. The molecule has 0 spiro atoms. The standard InChI is InChI=1S/C26H51NOS/c1-8-12-14-15-18-26(7,17-13-9-2)23-29-22-16-24(28)27(20-10-3)21-19-25(5,6)11-4/h10H,3,8-9,11-23H2,1-2,4-7H3. The predicted octanol–water partition coefficient (Wildman–Crippen LogP) is 8.12. The van der Waals surface area contributed by atoms with E-state index in [1.807, 2.05) is 22.7 Å². The van der Waals surface area contributed by atoms with Crippen molar-refractivity contribution in [3.63, 3.8) is 0 Å². The topological polar surface area (TPSA) is 20.3 Å². The van der Waals surface area contributed by atoms with Crippen molar-refractivity contribution in [1.82, 2.24) is 4.90 Å². The summed E-state index contributed by atoms with van der Waals surface area (Å²) in [6.07, 6.45) is 15.4. The van der Waals surface area contributed by atoms with Gasteiger partial charge < -0.3 is 4.90 Å². The molecule has 0 heterocycles. The Morgan fingerprint density at radius 3 is 2.21 bits per heavy atom. The van der Waals surface area contributed by atoms with Crippen LogP contribution >= 0.6 is 11.8 Å². The lowest BCUT2D eigenvalue weighted by molar-refractivity contribution is -0.130. The van der Waals surface area contributed by atoms with Gasteiger partial charge in [-0.05, 0) is 35.8 Å². The van der Waals surface area contributed by atoms with Gasteiger partial charge in [0.05, 0.1) is 0 Å². The number of rotatable bonds is 19. The molecule has 0 bridgehead atoms. The molecule has 1 amide bonds. The molecule has 0 radical (unpaired) electrons. The van der Waals surface area contributed by atoms with E-state index in [2.05, 4.69) is 48.1 Å². The molecule has 0 aliphatic carbocycles. The van der Waals surface area contributed by atoms with E-state index in [9.17, 15) is 4.79 Å². The van der Waals surface area contributed by atoms with Crippen molar-refractivity contribution in [3.8, 4) is 0 Å². The molecule has 2 nitrogen and oxygen atoms in total. The van der Waals surface area contributed by atoms with Gasteiger partial charge in [-0.25, -0.2) is 0 Å². The van der Waals surface area contributed by atoms with Crippen LogP contribution in [0.25, 0.3) is 0 Å². The first kappa shape index (κ1) is 28.6. The summed E-state index contributed by atoms with van der Waals surface area (Å²) in [6.45, 7) is 19.2. The van der Waals surface area contributed by atoms with Crippen LogP contribution < -0.4 is 0 Å². The lowest BCUT2D eigenvalue weighted by atomic mass is 9.82. The molecule has 0 aromatic rings. The Balaban J connectivity index is 4.45. The smallest absolute Gasteiger partial charge is 0.223 e. The van der Waals surface area contributed by atoms with Crippen molar-refractivity contribution in [2.75, 3.05) is 24.6 Å². The molecule has 0 saturated carbocycles. The molecule has 0 saturated heterocycles. The average molecular weight is 426 g/mol. The maximum Gasteiger partial charge on any atom is 0.223 e. The minimum absolute atomic E-state index is 0.294. The van der Waals surface area contributed by atoms with Gasteiger partial charge in [0, 0.05) is 25.3 Å². The van der Waals surface area contributed by atoms with Crippen molar-refractivity contribution in [2.24, 2.45) is 10.8 Å². The highest BCUT2D eigenvalue weighted by Gasteiger charge is 2.24. The lowest BCUT2D eigenvalue weighted by Crippen LogP contribution is -2.34. The quantitative estimate of drug-likeness (QED) is 0.154. The molecule has 1 unspecified atom stereocenters. The molecule has 0 aliphatic heterocycles. The van der Waals surface area contributed by atoms with Crippen LogP contribution in [0.5, 0.6) is 0 Å². The van der Waals surface area contributed by atoms with Crippen LogP contribution in [0.4, 0.5) is 0 Å². The molecule has 0 aromatic carbocycles. The second-order valence-electron chi connectivity index (χ2n) is 9.92. The molecule has 172 valence electrons. The third-order valence-electron chi connectivity index (χ3n) is 6.40. The zero-order valence-corrected chi connectivity index (χ0v) is 21.5. The normalized spacial score (nSPS) is 13.9. The summed E-state index contributed by atoms with van der Waals surface area (Å²) in [6, 6.07) is 0. The van der Waals surface area contributed by atoms with E-state index in [4.69, 9.17) is 0 Å². The van der Waals surface area contributed by atoms with Gasteiger partial charge in [-0.2, -0.15) is 11.8 Å². The maximum absolute atomic E-state index is 12.7. The number of carbonyl (C=O) groups excluding carboxylic acids is 1. The van der Waals surface area contributed by atoms with E-state index in [1.54, 1.807) is 0 Å². The summed E-state index contributed by atoms with van der Waals surface area (Å²) in [5.74, 6) is 2.43. The Labute approximate surface area is 187 Å². The molecule has 0 N–H and O–H groups in total. The molecule has 29 heavy (non-hydrogen) atoms. The molecular weight excluding hydrogens is 374 g/mol. The first-order valence-electron chi connectivity index (χ1n) is 12.2. The Morgan fingerprint density at radius 2 is 1.62 bits per heavy atom. The maximum atomic E-state index is 12.7. The summed E-state index contributed by atoms with van der Waals surface area (Å²) in [7, 11) is 0. The van der Waals surface area contributed by atoms with Crippen LogP contribution in [-0.4, -0.2) is 35.4 Å². The van der Waals surface area contributed by atoms with Crippen LogP contribution in [0, 0.1) is 10.8 Å². The first-order valence-corrected chi connectivity index (χ1v) is 13.4. The minimum Gasteiger partial charge on any atom is -0.339 e. The van der Waals surface area contributed by atoms with Crippen LogP contribution in [-0.2, 0) is 4.79 Å². The van der Waals surface area contributed by atoms with Crippen molar-refractivity contribution >= 4 is 17.7 Å². The third kappa shape index (κ3) is 14.2. The summed E-state index contributed by atoms with van der Waals surface area (Å²) < 4.78 is 0. The number of hydrogen-bond acceptors (Lipinski definition) is 2. The highest BCUT2D eigenvalue weighted by molar-refractivity contribution is 7.99. The Morgan fingerprint density at radius 1 is 0.966 bits per heavy atom. The number of carbonyl (C=O) groups is 1. The highest BCUT2D eigenvalue weighted by Crippen LogP contribution is 2.35. The molecule has 0 aliphatic rings. The second-order valence-corrected chi connectivity index (χ2v) is 11.0. The van der Waals surface area contributed by atoms with Gasteiger partial charge in [-0.1, -0.05) is 92.6 Å². The van der Waals surface area contributed by atoms with E-state index >= 15 is 0 Å². The molecule has 3 heteroatoms. The number of nitrogens with zero attached hydrogens (tertiary/aromatic N) is 1. The van der Waals surface area contributed by atoms with Gasteiger partial charge in [-0.15, -0.1) is 6.58 Å². The van der Waals surface area contributed by atoms with E-state index in [1.165, 1.54) is 57.1 Å². The van der Waals surface area contributed by atoms with Crippen molar-refractivity contribution in [3.05, 3.63) is 12.7 Å². The van der Waals surface area contributed by atoms with Crippen LogP contribution in [0.15, 0.2) is 12.7 Å². The molecule has 0 fully saturated rings. The summed E-state index contributed by atoms with van der Waals surface area (Å²) in [5, 5.41) is 0. The fourth-order valence-electron chi connectivity index (χ4n) is 3.58. The van der Waals surface area contributed by atoms with Gasteiger partial charge in [0.25, 0.3) is 0 Å². The monoisotopic (exact) mass is 425 g/mol. The Hall–Kier alpha value is -0.440. The van der Waals surface area contributed by atoms with Crippen molar-refractivity contribution in [2.45, 2.75) is 112 Å². The van der Waals surface area contributed by atoms with E-state index < -0.39 is 0 Å². The van der Waals surface area contributed by atoms with Gasteiger partial charge >= 0.3 is 0 Å². The van der Waals surface area contributed by atoms with Gasteiger partial charge in [-0.3, -0.25) is 4.79 Å². The van der Waals surface area contributed by atoms with Crippen LogP contribution in [0.3, 0.4) is 0 Å².